The monoisotopic (exact) mass is 441 g/mol. The van der Waals surface area contributed by atoms with E-state index in [0.29, 0.717) is 31.8 Å². The van der Waals surface area contributed by atoms with Crippen molar-refractivity contribution in [2.45, 2.75) is 57.4 Å². The number of carbonyl (C=O) groups excluding carboxylic acids is 2. The van der Waals surface area contributed by atoms with Crippen molar-refractivity contribution >= 4 is 34.5 Å². The normalized spacial score (nSPS) is 19.4. The number of benzene rings is 1. The number of amides is 2. The summed E-state index contributed by atoms with van der Waals surface area (Å²) in [5.41, 5.74) is 3.41. The molecular weight excluding hydrogens is 414 g/mol. The highest BCUT2D eigenvalue weighted by molar-refractivity contribution is 6.36. The van der Waals surface area contributed by atoms with E-state index in [1.165, 1.54) is 5.56 Å². The minimum Gasteiger partial charge on any atom is -0.449 e. The summed E-state index contributed by atoms with van der Waals surface area (Å²) in [6.07, 6.45) is 6.59. The van der Waals surface area contributed by atoms with Crippen LogP contribution in [0.1, 0.15) is 60.6 Å². The van der Waals surface area contributed by atoms with Gasteiger partial charge in [0, 0.05) is 36.3 Å². The number of halogens is 1. The number of nitrogens with zero attached hydrogens (tertiary/aromatic N) is 3. The zero-order chi connectivity index (χ0) is 21.6. The Hall–Kier alpha value is -2.34. The van der Waals surface area contributed by atoms with Crippen molar-refractivity contribution in [2.24, 2.45) is 0 Å². The van der Waals surface area contributed by atoms with Gasteiger partial charge in [0.05, 0.1) is 22.7 Å². The van der Waals surface area contributed by atoms with Crippen LogP contribution in [0.15, 0.2) is 18.2 Å². The molecule has 2 fully saturated rings. The first-order valence-corrected chi connectivity index (χ1v) is 11.7. The van der Waals surface area contributed by atoms with Gasteiger partial charge in [-0.3, -0.25) is 14.7 Å². The van der Waals surface area contributed by atoms with Crippen LogP contribution in [0.5, 0.6) is 0 Å². The van der Waals surface area contributed by atoms with Crippen LogP contribution < -0.4 is 0 Å². The Bertz CT molecular complexity index is 1050. The second kappa shape index (κ2) is 7.97. The number of rotatable bonds is 3. The topological polar surface area (TPSA) is 62.7 Å². The fourth-order valence-electron chi connectivity index (χ4n) is 4.96. The van der Waals surface area contributed by atoms with Crippen molar-refractivity contribution in [3.63, 3.8) is 0 Å². The highest BCUT2D eigenvalue weighted by atomic mass is 35.5. The van der Waals surface area contributed by atoms with Gasteiger partial charge >= 0.3 is 6.09 Å². The molecule has 7 heteroatoms. The molecule has 2 aromatic rings. The van der Waals surface area contributed by atoms with E-state index in [1.54, 1.807) is 0 Å². The van der Waals surface area contributed by atoms with Gasteiger partial charge in [0.25, 0.3) is 5.91 Å². The van der Waals surface area contributed by atoms with Gasteiger partial charge in [-0.1, -0.05) is 24.6 Å². The van der Waals surface area contributed by atoms with Crippen molar-refractivity contribution in [1.82, 2.24) is 14.8 Å². The first kappa shape index (κ1) is 20.6. The molecule has 1 aromatic carbocycles. The first-order valence-electron chi connectivity index (χ1n) is 11.4. The van der Waals surface area contributed by atoms with Crippen LogP contribution in [-0.2, 0) is 17.6 Å². The predicted molar refractivity (Wildman–Crippen MR) is 120 cm³/mol. The van der Waals surface area contributed by atoms with Gasteiger partial charge in [-0.25, -0.2) is 4.79 Å². The van der Waals surface area contributed by atoms with E-state index in [2.05, 4.69) is 0 Å². The summed E-state index contributed by atoms with van der Waals surface area (Å²) < 4.78 is 5.35. The number of pyridine rings is 1. The van der Waals surface area contributed by atoms with Crippen LogP contribution in [0.25, 0.3) is 10.9 Å². The minimum atomic E-state index is -0.254. The summed E-state index contributed by atoms with van der Waals surface area (Å²) in [6.45, 7) is 4.00. The summed E-state index contributed by atoms with van der Waals surface area (Å²) in [6, 6.07) is 5.66. The van der Waals surface area contributed by atoms with Crippen LogP contribution in [-0.4, -0.2) is 58.6 Å². The lowest BCUT2D eigenvalue weighted by molar-refractivity contribution is 0.0311. The SMILES string of the molecule is CCCOC(=O)N1CCN(C(=O)c2ccc3c(Cl)c4c(nc3c2)CCCC4)CC12CC2. The van der Waals surface area contributed by atoms with E-state index in [4.69, 9.17) is 21.3 Å². The Balaban J connectivity index is 1.36. The number of ether oxygens (including phenoxy) is 1. The Morgan fingerprint density at radius 3 is 2.77 bits per heavy atom. The molecular formula is C24H28ClN3O3. The third-order valence-corrected chi connectivity index (χ3v) is 7.29. The highest BCUT2D eigenvalue weighted by Gasteiger charge is 2.54. The molecule has 3 aliphatic rings. The predicted octanol–water partition coefficient (Wildman–Crippen LogP) is 4.60. The maximum atomic E-state index is 13.3. The Morgan fingerprint density at radius 1 is 1.19 bits per heavy atom. The van der Waals surface area contributed by atoms with E-state index in [9.17, 15) is 9.59 Å². The van der Waals surface area contributed by atoms with E-state index in [-0.39, 0.29) is 17.5 Å². The molecule has 5 rings (SSSR count). The molecule has 2 heterocycles. The molecule has 0 N–H and O–H groups in total. The Morgan fingerprint density at radius 2 is 2.00 bits per heavy atom. The average Bonchev–Trinajstić information content (AvgIpc) is 3.55. The van der Waals surface area contributed by atoms with Crippen LogP contribution in [0.2, 0.25) is 5.02 Å². The molecule has 1 saturated carbocycles. The molecule has 0 radical (unpaired) electrons. The van der Waals surface area contributed by atoms with Gasteiger partial charge in [0.1, 0.15) is 0 Å². The summed E-state index contributed by atoms with van der Waals surface area (Å²) in [5, 5.41) is 1.70. The standard InChI is InChI=1S/C24H28ClN3O3/c1-2-13-31-23(30)28-12-11-27(15-24(28)9-10-24)22(29)16-7-8-18-20(14-16)26-19-6-4-3-5-17(19)21(18)25/h7-8,14H,2-6,9-13,15H2,1H3. The zero-order valence-corrected chi connectivity index (χ0v) is 18.7. The Labute approximate surface area is 187 Å². The molecule has 1 aliphatic heterocycles. The summed E-state index contributed by atoms with van der Waals surface area (Å²) in [4.78, 5) is 34.3. The minimum absolute atomic E-state index is 0.00889. The molecule has 0 bridgehead atoms. The van der Waals surface area contributed by atoms with Gasteiger partial charge in [0.2, 0.25) is 0 Å². The zero-order valence-electron chi connectivity index (χ0n) is 18.0. The van der Waals surface area contributed by atoms with Gasteiger partial charge < -0.3 is 9.64 Å². The van der Waals surface area contributed by atoms with Crippen molar-refractivity contribution < 1.29 is 14.3 Å². The summed E-state index contributed by atoms with van der Waals surface area (Å²) >= 11 is 6.68. The van der Waals surface area contributed by atoms with Gasteiger partial charge in [-0.05, 0) is 62.6 Å². The summed E-state index contributed by atoms with van der Waals surface area (Å²) in [5.74, 6) is -0.00889. The molecule has 6 nitrogen and oxygen atoms in total. The number of hydrogen-bond acceptors (Lipinski definition) is 4. The number of carbonyl (C=O) groups is 2. The number of aromatic nitrogens is 1. The van der Waals surface area contributed by atoms with E-state index >= 15 is 0 Å². The second-order valence-electron chi connectivity index (χ2n) is 9.01. The quantitative estimate of drug-likeness (QED) is 0.698. The van der Waals surface area contributed by atoms with Crippen molar-refractivity contribution in [3.8, 4) is 0 Å². The molecule has 2 amide bonds. The number of hydrogen-bond donors (Lipinski definition) is 0. The first-order chi connectivity index (χ1) is 15.0. The van der Waals surface area contributed by atoms with Crippen LogP contribution in [0.4, 0.5) is 4.79 Å². The average molecular weight is 442 g/mol. The second-order valence-corrected chi connectivity index (χ2v) is 9.39. The molecule has 2 aliphatic carbocycles. The molecule has 1 saturated heterocycles. The lowest BCUT2D eigenvalue weighted by Gasteiger charge is -2.41. The van der Waals surface area contributed by atoms with Crippen LogP contribution >= 0.6 is 11.6 Å². The van der Waals surface area contributed by atoms with Crippen LogP contribution in [0, 0.1) is 0 Å². The van der Waals surface area contributed by atoms with Gasteiger partial charge in [0.15, 0.2) is 0 Å². The van der Waals surface area contributed by atoms with Crippen molar-refractivity contribution in [1.29, 1.82) is 0 Å². The van der Waals surface area contributed by atoms with Crippen LogP contribution in [0.3, 0.4) is 0 Å². The van der Waals surface area contributed by atoms with E-state index in [0.717, 1.165) is 66.6 Å². The maximum absolute atomic E-state index is 13.3. The number of fused-ring (bicyclic) bond motifs is 2. The maximum Gasteiger partial charge on any atom is 0.410 e. The van der Waals surface area contributed by atoms with Gasteiger partial charge in [-0.2, -0.15) is 0 Å². The smallest absolute Gasteiger partial charge is 0.410 e. The fraction of sp³-hybridized carbons (Fsp3) is 0.542. The van der Waals surface area contributed by atoms with Crippen molar-refractivity contribution in [3.05, 3.63) is 40.0 Å². The number of aryl methyl sites for hydroxylation is 1. The third kappa shape index (κ3) is 3.65. The van der Waals surface area contributed by atoms with Crippen molar-refractivity contribution in [2.75, 3.05) is 26.2 Å². The Kier molecular flexibility index (Phi) is 5.29. The largest absolute Gasteiger partial charge is 0.449 e. The molecule has 1 aromatic heterocycles. The molecule has 31 heavy (non-hydrogen) atoms. The molecule has 164 valence electrons. The highest BCUT2D eigenvalue weighted by Crippen LogP contribution is 2.45. The molecule has 0 atom stereocenters. The molecule has 1 spiro atoms. The van der Waals surface area contributed by atoms with E-state index < -0.39 is 0 Å². The summed E-state index contributed by atoms with van der Waals surface area (Å²) in [7, 11) is 0. The number of piperazine rings is 1. The van der Waals surface area contributed by atoms with Gasteiger partial charge in [-0.15, -0.1) is 0 Å². The molecule has 0 unspecified atom stereocenters. The fourth-order valence-corrected chi connectivity index (χ4v) is 5.32. The lowest BCUT2D eigenvalue weighted by Crippen LogP contribution is -2.58. The lowest BCUT2D eigenvalue weighted by atomic mass is 9.94. The van der Waals surface area contributed by atoms with E-state index in [1.807, 2.05) is 34.9 Å². The third-order valence-electron chi connectivity index (χ3n) is 6.86.